The zero-order valence-electron chi connectivity index (χ0n) is 9.34. The van der Waals surface area contributed by atoms with Crippen molar-refractivity contribution in [1.29, 1.82) is 0 Å². The smallest absolute Gasteiger partial charge is 0.159 e. The van der Waals surface area contributed by atoms with Crippen molar-refractivity contribution >= 4 is 5.78 Å². The topological polar surface area (TPSA) is 77.8 Å². The molecule has 2 atom stereocenters. The maximum atomic E-state index is 11.1. The highest BCUT2D eigenvalue weighted by Gasteiger charge is 2.19. The van der Waals surface area contributed by atoms with Crippen LogP contribution in [-0.4, -0.2) is 33.8 Å². The lowest BCUT2D eigenvalue weighted by molar-refractivity contribution is -0.0155. The van der Waals surface area contributed by atoms with Gasteiger partial charge < -0.3 is 15.3 Å². The third kappa shape index (κ3) is 2.66. The Hall–Kier alpha value is -1.23. The molecule has 0 saturated heterocycles. The summed E-state index contributed by atoms with van der Waals surface area (Å²) in [7, 11) is 0. The molecule has 4 heteroatoms. The van der Waals surface area contributed by atoms with E-state index in [1.165, 1.54) is 6.92 Å². The monoisotopic (exact) mass is 224 g/mol. The molecule has 1 aromatic rings. The van der Waals surface area contributed by atoms with E-state index in [-0.39, 0.29) is 5.78 Å². The normalized spacial score (nSPS) is 14.6. The summed E-state index contributed by atoms with van der Waals surface area (Å²) in [6, 6.07) is 4.85. The summed E-state index contributed by atoms with van der Waals surface area (Å²) in [5.41, 5.74) is 1.80. The number of aliphatic hydroxyl groups is 3. The second-order valence-electron chi connectivity index (χ2n) is 3.82. The van der Waals surface area contributed by atoms with Crippen molar-refractivity contribution < 1.29 is 20.1 Å². The molecule has 3 N–H and O–H groups in total. The number of hydrogen-bond acceptors (Lipinski definition) is 4. The Morgan fingerprint density at radius 3 is 2.44 bits per heavy atom. The van der Waals surface area contributed by atoms with Crippen molar-refractivity contribution in [1.82, 2.24) is 0 Å². The summed E-state index contributed by atoms with van der Waals surface area (Å²) in [6.45, 7) is 2.71. The standard InChI is InChI=1S/C12H16O4/c1-7-5-9(8(2)14)3-4-10(7)12(16)11(15)6-13/h3-5,11-13,15-16H,6H2,1-2H3. The molecule has 0 aliphatic carbocycles. The van der Waals surface area contributed by atoms with E-state index in [0.717, 1.165) is 0 Å². The van der Waals surface area contributed by atoms with Crippen LogP contribution in [0.1, 0.15) is 34.5 Å². The highest BCUT2D eigenvalue weighted by atomic mass is 16.4. The van der Waals surface area contributed by atoms with Crippen LogP contribution < -0.4 is 0 Å². The molecule has 1 rings (SSSR count). The van der Waals surface area contributed by atoms with Crippen LogP contribution in [0.25, 0.3) is 0 Å². The summed E-state index contributed by atoms with van der Waals surface area (Å²) in [5, 5.41) is 27.8. The summed E-state index contributed by atoms with van der Waals surface area (Å²) in [6.07, 6.45) is -2.34. The lowest BCUT2D eigenvalue weighted by Gasteiger charge is -2.18. The molecule has 0 saturated carbocycles. The Labute approximate surface area is 94.2 Å². The Morgan fingerprint density at radius 1 is 1.38 bits per heavy atom. The van der Waals surface area contributed by atoms with Gasteiger partial charge >= 0.3 is 0 Å². The third-order valence-electron chi connectivity index (χ3n) is 2.55. The molecule has 0 fully saturated rings. The zero-order valence-corrected chi connectivity index (χ0v) is 9.34. The van der Waals surface area contributed by atoms with E-state index in [1.807, 2.05) is 0 Å². The highest BCUT2D eigenvalue weighted by Crippen LogP contribution is 2.22. The van der Waals surface area contributed by atoms with Crippen LogP contribution in [0, 0.1) is 6.92 Å². The predicted octanol–water partition coefficient (Wildman–Crippen LogP) is 0.584. The minimum atomic E-state index is -1.21. The van der Waals surface area contributed by atoms with Gasteiger partial charge in [-0.25, -0.2) is 0 Å². The van der Waals surface area contributed by atoms with Crippen LogP contribution in [-0.2, 0) is 0 Å². The van der Waals surface area contributed by atoms with Gasteiger partial charge in [0.25, 0.3) is 0 Å². The predicted molar refractivity (Wildman–Crippen MR) is 59.2 cm³/mol. The van der Waals surface area contributed by atoms with Crippen LogP contribution in [0.15, 0.2) is 18.2 Å². The van der Waals surface area contributed by atoms with Gasteiger partial charge in [0.15, 0.2) is 5.78 Å². The first kappa shape index (κ1) is 12.8. The van der Waals surface area contributed by atoms with Crippen molar-refractivity contribution in [2.75, 3.05) is 6.61 Å². The van der Waals surface area contributed by atoms with Gasteiger partial charge in [-0.05, 0) is 31.0 Å². The highest BCUT2D eigenvalue weighted by molar-refractivity contribution is 5.94. The van der Waals surface area contributed by atoms with Gasteiger partial charge in [-0.1, -0.05) is 12.1 Å². The van der Waals surface area contributed by atoms with Crippen molar-refractivity contribution in [3.63, 3.8) is 0 Å². The molecular formula is C12H16O4. The number of benzene rings is 1. The Balaban J connectivity index is 3.03. The molecule has 0 aliphatic heterocycles. The van der Waals surface area contributed by atoms with Crippen molar-refractivity contribution in [2.45, 2.75) is 26.1 Å². The number of carbonyl (C=O) groups is 1. The number of aryl methyl sites for hydroxylation is 1. The second kappa shape index (κ2) is 5.21. The first-order valence-corrected chi connectivity index (χ1v) is 5.06. The van der Waals surface area contributed by atoms with Crippen LogP contribution in [0.3, 0.4) is 0 Å². The maximum Gasteiger partial charge on any atom is 0.159 e. The zero-order chi connectivity index (χ0) is 12.3. The number of carbonyl (C=O) groups excluding carboxylic acids is 1. The number of rotatable bonds is 4. The van der Waals surface area contributed by atoms with Crippen LogP contribution in [0.4, 0.5) is 0 Å². The summed E-state index contributed by atoms with van der Waals surface area (Å²) < 4.78 is 0. The van der Waals surface area contributed by atoms with Gasteiger partial charge in [0.05, 0.1) is 6.61 Å². The van der Waals surface area contributed by atoms with Gasteiger partial charge in [-0.2, -0.15) is 0 Å². The molecule has 0 bridgehead atoms. The summed E-state index contributed by atoms with van der Waals surface area (Å²) in [5.74, 6) is -0.0492. The van der Waals surface area contributed by atoms with Crippen molar-refractivity contribution in [3.05, 3.63) is 34.9 Å². The first-order valence-electron chi connectivity index (χ1n) is 5.06. The molecule has 1 aromatic carbocycles. The Bertz CT molecular complexity index is 387. The van der Waals surface area contributed by atoms with E-state index in [2.05, 4.69) is 0 Å². The second-order valence-corrected chi connectivity index (χ2v) is 3.82. The molecule has 4 nitrogen and oxygen atoms in total. The molecule has 0 amide bonds. The molecule has 0 spiro atoms. The van der Waals surface area contributed by atoms with Crippen LogP contribution in [0.5, 0.6) is 0 Å². The van der Waals surface area contributed by atoms with Crippen molar-refractivity contribution in [3.8, 4) is 0 Å². The minimum absolute atomic E-state index is 0.0492. The van der Waals surface area contributed by atoms with E-state index in [1.54, 1.807) is 25.1 Å². The Kier molecular flexibility index (Phi) is 4.18. The fourth-order valence-corrected chi connectivity index (χ4v) is 1.53. The third-order valence-corrected chi connectivity index (χ3v) is 2.55. The summed E-state index contributed by atoms with van der Waals surface area (Å²) in [4.78, 5) is 11.1. The number of ketones is 1. The van der Waals surface area contributed by atoms with Gasteiger partial charge in [0, 0.05) is 5.56 Å². The van der Waals surface area contributed by atoms with Crippen LogP contribution >= 0.6 is 0 Å². The van der Waals surface area contributed by atoms with Crippen LogP contribution in [0.2, 0.25) is 0 Å². The largest absolute Gasteiger partial charge is 0.394 e. The Morgan fingerprint density at radius 2 is 2.00 bits per heavy atom. The lowest BCUT2D eigenvalue weighted by Crippen LogP contribution is -2.22. The first-order chi connectivity index (χ1) is 7.47. The van der Waals surface area contributed by atoms with E-state index < -0.39 is 18.8 Å². The molecule has 0 aliphatic rings. The van der Waals surface area contributed by atoms with E-state index >= 15 is 0 Å². The fraction of sp³-hybridized carbons (Fsp3) is 0.417. The average molecular weight is 224 g/mol. The lowest BCUT2D eigenvalue weighted by atomic mass is 9.97. The maximum absolute atomic E-state index is 11.1. The van der Waals surface area contributed by atoms with Gasteiger partial charge in [-0.3, -0.25) is 4.79 Å². The summed E-state index contributed by atoms with van der Waals surface area (Å²) >= 11 is 0. The van der Waals surface area contributed by atoms with E-state index in [0.29, 0.717) is 16.7 Å². The van der Waals surface area contributed by atoms with Gasteiger partial charge in [-0.15, -0.1) is 0 Å². The van der Waals surface area contributed by atoms with E-state index in [4.69, 9.17) is 5.11 Å². The molecule has 16 heavy (non-hydrogen) atoms. The van der Waals surface area contributed by atoms with Gasteiger partial charge in [0.1, 0.15) is 12.2 Å². The number of hydrogen-bond donors (Lipinski definition) is 3. The molecular weight excluding hydrogens is 208 g/mol. The van der Waals surface area contributed by atoms with Gasteiger partial charge in [0.2, 0.25) is 0 Å². The number of aliphatic hydroxyl groups excluding tert-OH is 3. The van der Waals surface area contributed by atoms with Crippen molar-refractivity contribution in [2.24, 2.45) is 0 Å². The SMILES string of the molecule is CC(=O)c1ccc(C(O)C(O)CO)c(C)c1. The molecule has 0 aromatic heterocycles. The molecule has 0 radical (unpaired) electrons. The molecule has 0 heterocycles. The average Bonchev–Trinajstić information content (AvgIpc) is 2.26. The quantitative estimate of drug-likeness (QED) is 0.654. The molecule has 2 unspecified atom stereocenters. The number of Topliss-reactive ketones (excluding diaryl/α,β-unsaturated/α-hetero) is 1. The fourth-order valence-electron chi connectivity index (χ4n) is 1.53. The minimum Gasteiger partial charge on any atom is -0.394 e. The molecule has 88 valence electrons. The van der Waals surface area contributed by atoms with E-state index in [9.17, 15) is 15.0 Å².